The number of phenolic OH excluding ortho intramolecular Hbond substituents is 2. The second kappa shape index (κ2) is 16.0. The number of nitrogen functional groups attached to an aromatic ring is 1. The van der Waals surface area contributed by atoms with Crippen LogP contribution in [0.2, 0.25) is 5.02 Å². The third-order valence-corrected chi connectivity index (χ3v) is 13.0. The first-order valence-corrected chi connectivity index (χ1v) is 19.9. The highest BCUT2D eigenvalue weighted by atomic mass is 35.5. The molecule has 0 bridgehead atoms. The Morgan fingerprint density at radius 2 is 1.84 bits per heavy atom. The zero-order chi connectivity index (χ0) is 42.3. The van der Waals surface area contributed by atoms with E-state index < -0.39 is 87.2 Å². The number of thiazole rings is 1. The number of nitrogens with zero attached hydrogens (tertiary/aromatic N) is 6. The van der Waals surface area contributed by atoms with Gasteiger partial charge in [0.2, 0.25) is 16.4 Å². The molecular formula is C33H40ClN10O12S2+. The topological polar surface area (TPSA) is 307 Å². The largest absolute Gasteiger partial charge is 0.504 e. The van der Waals surface area contributed by atoms with E-state index in [0.29, 0.717) is 24.1 Å². The first-order valence-electron chi connectivity index (χ1n) is 17.7. The number of thioether (sulfide) groups is 1. The highest BCUT2D eigenvalue weighted by Crippen LogP contribution is 2.49. The van der Waals surface area contributed by atoms with Gasteiger partial charge in [-0.25, -0.2) is 24.4 Å². The highest BCUT2D eigenvalue weighted by Gasteiger charge is 2.66. The van der Waals surface area contributed by atoms with Crippen molar-refractivity contribution in [3.63, 3.8) is 0 Å². The number of anilines is 1. The number of carboxylic acids is 2. The van der Waals surface area contributed by atoms with Crippen molar-refractivity contribution in [3.05, 3.63) is 33.8 Å². The number of likely N-dealkylation sites (tertiary alicyclic amines) is 1. The molecule has 0 aliphatic carbocycles. The molecule has 4 aliphatic heterocycles. The first kappa shape index (κ1) is 42.0. The first-order chi connectivity index (χ1) is 27.3. The number of halogens is 1. The number of aromatic nitrogens is 1. The van der Waals surface area contributed by atoms with Crippen LogP contribution in [0.5, 0.6) is 11.5 Å². The van der Waals surface area contributed by atoms with Crippen LogP contribution in [0.25, 0.3) is 0 Å². The number of benzene rings is 1. The average Bonchev–Trinajstić information content (AvgIpc) is 3.96. The molecule has 4 fully saturated rings. The highest BCUT2D eigenvalue weighted by molar-refractivity contribution is 8.02. The number of urea groups is 1. The van der Waals surface area contributed by atoms with Gasteiger partial charge in [-0.3, -0.25) is 29.5 Å². The van der Waals surface area contributed by atoms with Gasteiger partial charge in [-0.2, -0.15) is 0 Å². The second-order valence-corrected chi connectivity index (χ2v) is 17.1. The van der Waals surface area contributed by atoms with Gasteiger partial charge in [0.05, 0.1) is 49.9 Å². The van der Waals surface area contributed by atoms with Gasteiger partial charge in [0, 0.05) is 24.8 Å². The fourth-order valence-electron chi connectivity index (χ4n) is 6.98. The van der Waals surface area contributed by atoms with Crippen LogP contribution in [0.4, 0.5) is 9.93 Å². The molecule has 22 nitrogen and oxygen atoms in total. The lowest BCUT2D eigenvalue weighted by molar-refractivity contribution is -0.908. The Labute approximate surface area is 342 Å². The van der Waals surface area contributed by atoms with E-state index in [1.165, 1.54) is 30.2 Å². The van der Waals surface area contributed by atoms with Gasteiger partial charge in [0.15, 0.2) is 28.9 Å². The number of phenols is 2. The molecule has 58 heavy (non-hydrogen) atoms. The Morgan fingerprint density at radius 3 is 2.48 bits per heavy atom. The normalized spacial score (nSPS) is 22.7. The standard InChI is InChI=1S/C33H39ClN10O12S2/c1-32(2,28(51)52)56-40-21(17-14-57-30(35)37-17)25(49)38-22-26(50)41-15-33(29(53)54,58-27(22)41)42-8-9-43(31(42)55)39-19(46)13-44(10-3-4-11-44)12-7-36-24(48)16-5-6-18(45)23(47)20(16)34/h5-6,14,22,27H,3-4,7-13,15H2,1-2H3,(H8-,35,36,37,38,39,40,45,46,47,48,49,51,52,53,54)/p+1/t22-,27-,33-/m1/s1. The van der Waals surface area contributed by atoms with Gasteiger partial charge < -0.3 is 51.0 Å². The Hall–Kier alpha value is -5.59. The quantitative estimate of drug-likeness (QED) is 0.0363. The summed E-state index contributed by atoms with van der Waals surface area (Å²) in [5.41, 5.74) is 5.88. The van der Waals surface area contributed by atoms with Crippen molar-refractivity contribution < 1.29 is 63.3 Å². The molecule has 3 atom stereocenters. The van der Waals surface area contributed by atoms with Crippen molar-refractivity contribution in [3.8, 4) is 11.5 Å². The maximum atomic E-state index is 13.7. The van der Waals surface area contributed by atoms with Crippen molar-refractivity contribution in [1.29, 1.82) is 0 Å². The minimum atomic E-state index is -1.98. The molecule has 5 heterocycles. The molecule has 312 valence electrons. The van der Waals surface area contributed by atoms with E-state index in [0.717, 1.165) is 51.9 Å². The number of β-lactam (4-membered cyclic amide) rings is 1. The minimum Gasteiger partial charge on any atom is -0.504 e. The number of nitrogens with one attached hydrogen (secondary N) is 3. The summed E-state index contributed by atoms with van der Waals surface area (Å²) in [6.45, 7) is 3.46. The molecule has 0 unspecified atom stereocenters. The molecule has 4 saturated heterocycles. The fourth-order valence-corrected chi connectivity index (χ4v) is 9.41. The SMILES string of the molecule is CC(C)(O/N=C(\C(=O)N[C@@H]1C(=O)N2C[C@@](C(=O)O)(N3CCN(NC(=O)C[N+]4(CCNC(=O)c5ccc(O)c(O)c5Cl)CCCC4)C3=O)S[C@H]12)c1csc(N)n1)C(=O)O. The summed E-state index contributed by atoms with van der Waals surface area (Å²) in [7, 11) is 0. The van der Waals surface area contributed by atoms with E-state index >= 15 is 0 Å². The van der Waals surface area contributed by atoms with Gasteiger partial charge in [-0.15, -0.1) is 11.3 Å². The number of quaternary nitrogens is 1. The van der Waals surface area contributed by atoms with Gasteiger partial charge in [-0.05, 0) is 26.0 Å². The molecule has 1 aromatic heterocycles. The number of carbonyl (C=O) groups excluding carboxylic acids is 5. The predicted molar refractivity (Wildman–Crippen MR) is 204 cm³/mol. The zero-order valence-electron chi connectivity index (χ0n) is 31.0. The number of oxime groups is 1. The number of rotatable bonds is 15. The summed E-state index contributed by atoms with van der Waals surface area (Å²) in [6.07, 6.45) is 1.63. The summed E-state index contributed by atoms with van der Waals surface area (Å²) in [5, 5.41) is 49.6. The molecule has 0 saturated carbocycles. The van der Waals surface area contributed by atoms with Crippen molar-refractivity contribution in [1.82, 2.24) is 35.9 Å². The third-order valence-electron chi connectivity index (χ3n) is 10.2. The van der Waals surface area contributed by atoms with Gasteiger partial charge in [0.1, 0.15) is 17.1 Å². The van der Waals surface area contributed by atoms with E-state index in [4.69, 9.17) is 22.2 Å². The fraction of sp³-hybridized carbons (Fsp3) is 0.485. The molecule has 0 spiro atoms. The zero-order valence-corrected chi connectivity index (χ0v) is 33.4. The summed E-state index contributed by atoms with van der Waals surface area (Å²) < 4.78 is 0.291. The van der Waals surface area contributed by atoms with E-state index in [9.17, 15) is 54.0 Å². The Balaban J connectivity index is 1.08. The second-order valence-electron chi connectivity index (χ2n) is 14.5. The van der Waals surface area contributed by atoms with Crippen LogP contribution in [0.15, 0.2) is 22.7 Å². The van der Waals surface area contributed by atoms with E-state index in [1.54, 1.807) is 0 Å². The van der Waals surface area contributed by atoms with Crippen LogP contribution in [0, 0.1) is 0 Å². The number of amides is 6. The molecule has 6 amide bonds. The number of hydrogen-bond acceptors (Lipinski definition) is 15. The molecule has 1 aromatic carbocycles. The van der Waals surface area contributed by atoms with Crippen molar-refractivity contribution in [2.75, 3.05) is 58.1 Å². The van der Waals surface area contributed by atoms with Crippen molar-refractivity contribution in [2.24, 2.45) is 5.16 Å². The number of aliphatic carboxylic acids is 2. The van der Waals surface area contributed by atoms with Gasteiger partial charge >= 0.3 is 18.0 Å². The Morgan fingerprint density at radius 1 is 1.14 bits per heavy atom. The molecule has 0 radical (unpaired) electrons. The number of fused-ring (bicyclic) bond motifs is 1. The van der Waals surface area contributed by atoms with Gasteiger partial charge in [0.25, 0.3) is 17.7 Å². The van der Waals surface area contributed by atoms with Crippen molar-refractivity contribution >= 4 is 87.1 Å². The number of carbonyl (C=O) groups is 7. The summed E-state index contributed by atoms with van der Waals surface area (Å²) >= 11 is 7.75. The number of hydrogen-bond donors (Lipinski definition) is 8. The van der Waals surface area contributed by atoms with Crippen LogP contribution >= 0.6 is 34.7 Å². The molecular weight excluding hydrogens is 828 g/mol. The number of hydrazine groups is 1. The third kappa shape index (κ3) is 7.95. The summed E-state index contributed by atoms with van der Waals surface area (Å²) in [6, 6.07) is 0.320. The molecule has 9 N–H and O–H groups in total. The lowest BCUT2D eigenvalue weighted by atomic mass is 10.1. The maximum Gasteiger partial charge on any atom is 0.350 e. The minimum absolute atomic E-state index is 0.0423. The average molecular weight is 868 g/mol. The van der Waals surface area contributed by atoms with E-state index in [-0.39, 0.29) is 47.6 Å². The van der Waals surface area contributed by atoms with E-state index in [1.807, 2.05) is 0 Å². The number of aromatic hydroxyl groups is 2. The monoisotopic (exact) mass is 867 g/mol. The van der Waals surface area contributed by atoms with Crippen LogP contribution in [0.3, 0.4) is 0 Å². The van der Waals surface area contributed by atoms with Crippen LogP contribution in [-0.4, -0.2) is 166 Å². The lowest BCUT2D eigenvalue weighted by Crippen LogP contribution is -2.68. The molecule has 25 heteroatoms. The van der Waals surface area contributed by atoms with Crippen LogP contribution < -0.4 is 21.8 Å². The van der Waals surface area contributed by atoms with Crippen molar-refractivity contribution in [2.45, 2.75) is 48.6 Å². The van der Waals surface area contributed by atoms with Crippen LogP contribution in [0.1, 0.15) is 42.7 Å². The Bertz CT molecular complexity index is 2100. The maximum absolute atomic E-state index is 13.7. The Kier molecular flexibility index (Phi) is 11.6. The number of carboxylic acid groups (broad SMARTS) is 2. The lowest BCUT2D eigenvalue weighted by Gasteiger charge is -2.41. The number of nitrogens with two attached hydrogens (primary N) is 1. The molecule has 4 aliphatic rings. The van der Waals surface area contributed by atoms with Crippen LogP contribution in [-0.2, 0) is 28.8 Å². The molecule has 2 aromatic rings. The summed E-state index contributed by atoms with van der Waals surface area (Å²) in [5.74, 6) is -6.63. The summed E-state index contributed by atoms with van der Waals surface area (Å²) in [4.78, 5) is 101. The smallest absolute Gasteiger partial charge is 0.350 e. The van der Waals surface area contributed by atoms with Gasteiger partial charge in [-0.1, -0.05) is 28.5 Å². The molecule has 6 rings (SSSR count). The van der Waals surface area contributed by atoms with E-state index in [2.05, 4.69) is 26.2 Å². The predicted octanol–water partition coefficient (Wildman–Crippen LogP) is -0.636.